The number of furan rings is 1. The van der Waals surface area contributed by atoms with Crippen LogP contribution in [0.1, 0.15) is 23.0 Å². The molecule has 0 saturated heterocycles. The molecular formula is C94H64N12OS3. The lowest BCUT2D eigenvalue weighted by atomic mass is 10.1. The van der Waals surface area contributed by atoms with Crippen LogP contribution in [0.25, 0.3) is 185 Å². The largest absolute Gasteiger partial charge is 0.456 e. The normalized spacial score (nSPS) is 11.3. The van der Waals surface area contributed by atoms with Crippen molar-refractivity contribution in [3.05, 3.63) is 338 Å². The molecule has 110 heavy (non-hydrogen) atoms. The molecule has 0 aliphatic rings. The molecule has 21 rings (SSSR count). The Hall–Kier alpha value is -13.6. The second-order valence-corrected chi connectivity index (χ2v) is 29.7. The van der Waals surface area contributed by atoms with Crippen molar-refractivity contribution in [1.82, 2.24) is 59.8 Å². The number of nitrogens with zero attached hydrogens (tertiary/aromatic N) is 12. The lowest BCUT2D eigenvalue weighted by Crippen LogP contribution is -2.00. The molecule has 0 unspecified atom stereocenters. The maximum atomic E-state index is 5.91. The van der Waals surface area contributed by atoms with Gasteiger partial charge < -0.3 is 4.42 Å². The first-order valence-electron chi connectivity index (χ1n) is 36.0. The van der Waals surface area contributed by atoms with Crippen molar-refractivity contribution in [2.45, 2.75) is 27.7 Å². The standard InChI is InChI=1S/C28H19N3S.C22H15N3O.2C22H15N3S/c1-18-8-7-11-20(16-18)27-29-26(19-9-3-2-4-10-19)30-28(31-27)21-14-15-25-23(17-21)22-12-5-6-13-24(22)32-25;1-14-23-21(15-7-3-2-4-8-15)25-22(24-14)16-11-12-20-18(13-16)17-9-5-6-10-19(17)26-20;1-14-23-21(15-8-3-2-4-9-15)25-22(24-14)18-12-7-11-17-16-10-5-6-13-19(16)26-20(17)18;1-14-23-21(15-7-3-2-4-8-15)25-22(24-14)16-11-12-18-17-9-5-6-10-19(17)26-20(18)13-16/h2-17H,1H3;3*2-13H,1H3. The van der Waals surface area contributed by atoms with E-state index in [2.05, 4.69) is 195 Å². The number of aryl methyl sites for hydroxylation is 4. The van der Waals surface area contributed by atoms with E-state index >= 15 is 0 Å². The van der Waals surface area contributed by atoms with Gasteiger partial charge in [-0.1, -0.05) is 242 Å². The van der Waals surface area contributed by atoms with Gasteiger partial charge in [0.15, 0.2) is 52.4 Å². The van der Waals surface area contributed by atoms with E-state index in [1.807, 2.05) is 190 Å². The smallest absolute Gasteiger partial charge is 0.165 e. The van der Waals surface area contributed by atoms with E-state index in [0.29, 0.717) is 46.6 Å². The molecule has 8 aromatic heterocycles. The summed E-state index contributed by atoms with van der Waals surface area (Å²) in [5.74, 6) is 8.44. The van der Waals surface area contributed by atoms with Gasteiger partial charge >= 0.3 is 0 Å². The highest BCUT2D eigenvalue weighted by Crippen LogP contribution is 2.42. The van der Waals surface area contributed by atoms with Crippen LogP contribution in [-0.2, 0) is 0 Å². The number of thiophene rings is 3. The van der Waals surface area contributed by atoms with Crippen molar-refractivity contribution in [2.75, 3.05) is 0 Å². The summed E-state index contributed by atoms with van der Waals surface area (Å²) >= 11 is 5.41. The van der Waals surface area contributed by atoms with Gasteiger partial charge in [-0.2, -0.15) is 0 Å². The Balaban J connectivity index is 0.000000103. The summed E-state index contributed by atoms with van der Waals surface area (Å²) in [4.78, 5) is 56.1. The Morgan fingerprint density at radius 2 is 0.536 bits per heavy atom. The Labute approximate surface area is 644 Å². The fourth-order valence-electron chi connectivity index (χ4n) is 13.6. The van der Waals surface area contributed by atoms with Gasteiger partial charge in [0.05, 0.1) is 0 Å². The van der Waals surface area contributed by atoms with Crippen molar-refractivity contribution < 1.29 is 4.42 Å². The average Bonchev–Trinajstić information content (AvgIpc) is 1.66. The van der Waals surface area contributed by atoms with Gasteiger partial charge in [-0.3, -0.25) is 0 Å². The van der Waals surface area contributed by atoms with Crippen LogP contribution in [0.2, 0.25) is 0 Å². The minimum atomic E-state index is 0.670. The van der Waals surface area contributed by atoms with Crippen molar-refractivity contribution >= 4 is 116 Å². The summed E-state index contributed by atoms with van der Waals surface area (Å²) in [6.45, 7) is 7.81. The zero-order valence-electron chi connectivity index (χ0n) is 60.0. The molecule has 21 aromatic rings. The Morgan fingerprint density at radius 1 is 0.200 bits per heavy atom. The van der Waals surface area contributed by atoms with Crippen LogP contribution >= 0.6 is 34.0 Å². The SMILES string of the molecule is Cc1cccc(-c2nc(-c3ccccc3)nc(-c3ccc4sc5ccccc5c4c3)n2)c1.Cc1nc(-c2ccccc2)nc(-c2ccc3c(c2)sc2ccccc23)n1.Cc1nc(-c2ccccc2)nc(-c2ccc3oc4ccccc4c3c2)n1.Cc1nc(-c2ccccc2)nc(-c2cccc3c2sc2ccccc23)n1. The maximum absolute atomic E-state index is 5.91. The minimum absolute atomic E-state index is 0.670. The predicted molar refractivity (Wildman–Crippen MR) is 453 cm³/mol. The molecule has 0 amide bonds. The number of fused-ring (bicyclic) bond motifs is 12. The Morgan fingerprint density at radius 3 is 1.08 bits per heavy atom. The monoisotopic (exact) mass is 1470 g/mol. The van der Waals surface area contributed by atoms with Crippen molar-refractivity contribution in [1.29, 1.82) is 0 Å². The molecule has 0 radical (unpaired) electrons. The van der Waals surface area contributed by atoms with Gasteiger partial charge in [0.2, 0.25) is 0 Å². The van der Waals surface area contributed by atoms with E-state index in [4.69, 9.17) is 34.3 Å². The third-order valence-corrected chi connectivity index (χ3v) is 22.3. The third kappa shape index (κ3) is 14.1. The topological polar surface area (TPSA) is 168 Å². The number of rotatable bonds is 9. The summed E-state index contributed by atoms with van der Waals surface area (Å²) < 4.78 is 13.5. The second-order valence-electron chi connectivity index (χ2n) is 26.4. The number of aromatic nitrogens is 12. The summed E-state index contributed by atoms with van der Waals surface area (Å²) in [6, 6.07) is 107. The van der Waals surface area contributed by atoms with Crippen LogP contribution in [0.3, 0.4) is 0 Å². The molecule has 13 aromatic carbocycles. The first kappa shape index (κ1) is 68.2. The zero-order valence-corrected chi connectivity index (χ0v) is 62.5. The van der Waals surface area contributed by atoms with Crippen LogP contribution < -0.4 is 0 Å². The van der Waals surface area contributed by atoms with Gasteiger partial charge in [-0.15, -0.1) is 34.0 Å². The zero-order chi connectivity index (χ0) is 74.0. The summed E-state index contributed by atoms with van der Waals surface area (Å²) in [5.41, 5.74) is 11.9. The summed E-state index contributed by atoms with van der Waals surface area (Å²) in [5, 5.41) is 9.79. The highest BCUT2D eigenvalue weighted by molar-refractivity contribution is 7.26. The average molecular weight is 1470 g/mol. The van der Waals surface area contributed by atoms with Crippen LogP contribution in [0, 0.1) is 27.7 Å². The van der Waals surface area contributed by atoms with Crippen LogP contribution in [0.4, 0.5) is 0 Å². The van der Waals surface area contributed by atoms with Gasteiger partial charge in [0.1, 0.15) is 28.6 Å². The molecule has 0 spiro atoms. The van der Waals surface area contributed by atoms with Crippen LogP contribution in [-0.4, -0.2) is 59.8 Å². The number of benzene rings is 13. The first-order chi connectivity index (χ1) is 54.1. The molecule has 0 bridgehead atoms. The molecule has 13 nitrogen and oxygen atoms in total. The highest BCUT2D eigenvalue weighted by Gasteiger charge is 2.19. The van der Waals surface area contributed by atoms with Crippen molar-refractivity contribution in [2.24, 2.45) is 0 Å². The molecule has 8 heterocycles. The quantitative estimate of drug-likeness (QED) is 0.134. The molecule has 0 fully saturated rings. The Bertz CT molecular complexity index is 6970. The Kier molecular flexibility index (Phi) is 18.6. The molecule has 0 saturated carbocycles. The van der Waals surface area contributed by atoms with Crippen LogP contribution in [0.5, 0.6) is 0 Å². The number of hydrogen-bond acceptors (Lipinski definition) is 16. The predicted octanol–water partition coefficient (Wildman–Crippen LogP) is 24.7. The van der Waals surface area contributed by atoms with E-state index in [9.17, 15) is 0 Å². The van der Waals surface area contributed by atoms with E-state index in [0.717, 1.165) is 95.3 Å². The minimum Gasteiger partial charge on any atom is -0.456 e. The second kappa shape index (κ2) is 30.0. The van der Waals surface area contributed by atoms with E-state index < -0.39 is 0 Å². The molecule has 16 heteroatoms. The molecule has 0 aliphatic heterocycles. The van der Waals surface area contributed by atoms with E-state index in [1.54, 1.807) is 22.7 Å². The summed E-state index contributed by atoms with van der Waals surface area (Å²) in [6.07, 6.45) is 0. The number of para-hydroxylation sites is 1. The van der Waals surface area contributed by atoms with Crippen LogP contribution in [0.15, 0.2) is 320 Å². The first-order valence-corrected chi connectivity index (χ1v) is 38.4. The molecule has 0 atom stereocenters. The third-order valence-electron chi connectivity index (χ3n) is 18.8. The molecule has 0 N–H and O–H groups in total. The fourth-order valence-corrected chi connectivity index (χ4v) is 17.1. The van der Waals surface area contributed by atoms with E-state index in [1.165, 1.54) is 66.1 Å². The lowest BCUT2D eigenvalue weighted by Gasteiger charge is -2.09. The van der Waals surface area contributed by atoms with E-state index in [-0.39, 0.29) is 0 Å². The van der Waals surface area contributed by atoms with Gasteiger partial charge in [0, 0.05) is 121 Å². The maximum Gasteiger partial charge on any atom is 0.165 e. The van der Waals surface area contributed by atoms with Gasteiger partial charge in [-0.05, 0) is 107 Å². The van der Waals surface area contributed by atoms with Crippen molar-refractivity contribution in [3.8, 4) is 102 Å². The summed E-state index contributed by atoms with van der Waals surface area (Å²) in [7, 11) is 0. The van der Waals surface area contributed by atoms with Gasteiger partial charge in [-0.25, -0.2) is 59.8 Å². The fraction of sp³-hybridized carbons (Fsp3) is 0.0426. The molecule has 524 valence electrons. The van der Waals surface area contributed by atoms with Crippen molar-refractivity contribution in [3.63, 3.8) is 0 Å². The van der Waals surface area contributed by atoms with Gasteiger partial charge in [0.25, 0.3) is 0 Å². The number of hydrogen-bond donors (Lipinski definition) is 0. The molecule has 0 aliphatic carbocycles. The molecular weight excluding hydrogens is 1410 g/mol. The lowest BCUT2D eigenvalue weighted by molar-refractivity contribution is 0.669. The highest BCUT2D eigenvalue weighted by atomic mass is 32.1.